The molecule has 0 unspecified atom stereocenters. The second-order valence-corrected chi connectivity index (χ2v) is 4.04. The summed E-state index contributed by atoms with van der Waals surface area (Å²) in [6.45, 7) is 0.685. The third kappa shape index (κ3) is 3.12. The molecule has 0 aliphatic carbocycles. The van der Waals surface area contributed by atoms with Gasteiger partial charge in [0.15, 0.2) is 0 Å². The summed E-state index contributed by atoms with van der Waals surface area (Å²) in [6, 6.07) is 14.0. The Balaban J connectivity index is 1.99. The van der Waals surface area contributed by atoms with Crippen molar-refractivity contribution in [2.24, 2.45) is 0 Å². The average Bonchev–Trinajstić information content (AvgIpc) is 2.28. The zero-order chi connectivity index (χ0) is 11.4. The van der Waals surface area contributed by atoms with E-state index in [1.54, 1.807) is 6.07 Å². The fraction of sp³-hybridized carbons (Fsp3) is 0.0833. The smallest absolute Gasteiger partial charge is 0.139 e. The van der Waals surface area contributed by atoms with Crippen LogP contribution in [0.1, 0.15) is 5.56 Å². The molecule has 1 aromatic heterocycles. The molecule has 0 aliphatic rings. The number of benzene rings is 1. The Kier molecular flexibility index (Phi) is 3.65. The number of rotatable bonds is 3. The molecule has 2 rings (SSSR count). The van der Waals surface area contributed by atoms with Gasteiger partial charge >= 0.3 is 0 Å². The SMILES string of the molecule is Clc1ccc(CNc2cc[c]c(Cl)n2)cc1. The maximum Gasteiger partial charge on any atom is 0.139 e. The van der Waals surface area contributed by atoms with E-state index in [-0.39, 0.29) is 0 Å². The molecule has 81 valence electrons. The van der Waals surface area contributed by atoms with Gasteiger partial charge in [-0.2, -0.15) is 0 Å². The molecule has 2 aromatic rings. The first-order valence-corrected chi connectivity index (χ1v) is 5.52. The van der Waals surface area contributed by atoms with E-state index in [0.717, 1.165) is 16.4 Å². The predicted octanol–water partition coefficient (Wildman–Crippen LogP) is 3.80. The second-order valence-electron chi connectivity index (χ2n) is 3.25. The molecule has 4 heteroatoms. The monoisotopic (exact) mass is 251 g/mol. The Morgan fingerprint density at radius 3 is 2.56 bits per heavy atom. The van der Waals surface area contributed by atoms with Crippen LogP contribution in [-0.2, 0) is 6.54 Å². The lowest BCUT2D eigenvalue weighted by Crippen LogP contribution is -2.00. The van der Waals surface area contributed by atoms with Crippen LogP contribution < -0.4 is 5.32 Å². The minimum Gasteiger partial charge on any atom is -0.366 e. The third-order valence-electron chi connectivity index (χ3n) is 2.05. The molecule has 2 nitrogen and oxygen atoms in total. The highest BCUT2D eigenvalue weighted by molar-refractivity contribution is 6.30. The van der Waals surface area contributed by atoms with Crippen molar-refractivity contribution in [3.8, 4) is 0 Å². The Labute approximate surface area is 104 Å². The van der Waals surface area contributed by atoms with Crippen LogP contribution in [0.4, 0.5) is 5.82 Å². The van der Waals surface area contributed by atoms with Crippen molar-refractivity contribution in [1.29, 1.82) is 0 Å². The van der Waals surface area contributed by atoms with Gasteiger partial charge in [-0.3, -0.25) is 0 Å². The van der Waals surface area contributed by atoms with Crippen molar-refractivity contribution in [2.45, 2.75) is 6.54 Å². The van der Waals surface area contributed by atoms with E-state index in [0.29, 0.717) is 11.7 Å². The maximum atomic E-state index is 5.80. The number of nitrogens with zero attached hydrogens (tertiary/aromatic N) is 1. The van der Waals surface area contributed by atoms with Gasteiger partial charge in [0.1, 0.15) is 11.0 Å². The summed E-state index contributed by atoms with van der Waals surface area (Å²) in [7, 11) is 0. The molecule has 0 aliphatic heterocycles. The van der Waals surface area contributed by atoms with Crippen LogP contribution in [0.25, 0.3) is 0 Å². The highest BCUT2D eigenvalue weighted by Gasteiger charge is 1.96. The van der Waals surface area contributed by atoms with Gasteiger partial charge in [-0.1, -0.05) is 35.3 Å². The highest BCUT2D eigenvalue weighted by atomic mass is 35.5. The third-order valence-corrected chi connectivity index (χ3v) is 2.49. The fourth-order valence-corrected chi connectivity index (χ4v) is 1.54. The van der Waals surface area contributed by atoms with E-state index in [1.807, 2.05) is 30.3 Å². The van der Waals surface area contributed by atoms with Crippen LogP contribution in [0.5, 0.6) is 0 Å². The van der Waals surface area contributed by atoms with Crippen LogP contribution in [0, 0.1) is 6.07 Å². The van der Waals surface area contributed by atoms with Gasteiger partial charge in [0.2, 0.25) is 0 Å². The lowest BCUT2D eigenvalue weighted by Gasteiger charge is -2.05. The summed E-state index contributed by atoms with van der Waals surface area (Å²) in [6.07, 6.45) is 0. The topological polar surface area (TPSA) is 24.9 Å². The quantitative estimate of drug-likeness (QED) is 0.840. The lowest BCUT2D eigenvalue weighted by atomic mass is 10.2. The summed E-state index contributed by atoms with van der Waals surface area (Å²) in [5.74, 6) is 0.735. The molecule has 0 atom stereocenters. The van der Waals surface area contributed by atoms with E-state index in [9.17, 15) is 0 Å². The number of aromatic nitrogens is 1. The summed E-state index contributed by atoms with van der Waals surface area (Å²) < 4.78 is 0. The van der Waals surface area contributed by atoms with Crippen LogP contribution in [0.3, 0.4) is 0 Å². The molecule has 0 fully saturated rings. The molecule has 0 amide bonds. The number of halogens is 2. The number of nitrogens with one attached hydrogen (secondary N) is 1. The molecule has 0 saturated carbocycles. The van der Waals surface area contributed by atoms with Gasteiger partial charge in [0, 0.05) is 17.6 Å². The number of pyridine rings is 1. The predicted molar refractivity (Wildman–Crippen MR) is 66.9 cm³/mol. The van der Waals surface area contributed by atoms with E-state index in [2.05, 4.69) is 16.4 Å². The van der Waals surface area contributed by atoms with E-state index < -0.39 is 0 Å². The van der Waals surface area contributed by atoms with Gasteiger partial charge in [-0.25, -0.2) is 4.98 Å². The molecule has 1 heterocycles. The van der Waals surface area contributed by atoms with Crippen molar-refractivity contribution >= 4 is 29.0 Å². The maximum absolute atomic E-state index is 5.80. The molecule has 0 saturated heterocycles. The zero-order valence-electron chi connectivity index (χ0n) is 8.37. The van der Waals surface area contributed by atoms with Crippen molar-refractivity contribution in [1.82, 2.24) is 4.98 Å². The molecule has 1 N–H and O–H groups in total. The molecular formula is C12H9Cl2N2. The van der Waals surface area contributed by atoms with Crippen molar-refractivity contribution in [3.63, 3.8) is 0 Å². The molecular weight excluding hydrogens is 243 g/mol. The Morgan fingerprint density at radius 2 is 1.88 bits per heavy atom. The zero-order valence-corrected chi connectivity index (χ0v) is 9.89. The summed E-state index contributed by atoms with van der Waals surface area (Å²) in [5, 5.41) is 4.26. The van der Waals surface area contributed by atoms with Crippen LogP contribution in [-0.4, -0.2) is 4.98 Å². The van der Waals surface area contributed by atoms with Crippen LogP contribution in [0.2, 0.25) is 10.2 Å². The van der Waals surface area contributed by atoms with Crippen molar-refractivity contribution in [3.05, 3.63) is 58.2 Å². The largest absolute Gasteiger partial charge is 0.366 e. The average molecular weight is 252 g/mol. The number of anilines is 1. The Morgan fingerprint density at radius 1 is 1.12 bits per heavy atom. The van der Waals surface area contributed by atoms with E-state index >= 15 is 0 Å². The second kappa shape index (κ2) is 5.19. The summed E-state index contributed by atoms with van der Waals surface area (Å²) in [4.78, 5) is 4.08. The van der Waals surface area contributed by atoms with Gasteiger partial charge in [0.05, 0.1) is 0 Å². The van der Waals surface area contributed by atoms with E-state index in [1.165, 1.54) is 0 Å². The van der Waals surface area contributed by atoms with Crippen LogP contribution >= 0.6 is 23.2 Å². The first kappa shape index (κ1) is 11.2. The Hall–Kier alpha value is -1.25. The minimum absolute atomic E-state index is 0.362. The van der Waals surface area contributed by atoms with Crippen molar-refractivity contribution in [2.75, 3.05) is 5.32 Å². The normalized spacial score (nSPS) is 10.1. The molecule has 16 heavy (non-hydrogen) atoms. The van der Waals surface area contributed by atoms with E-state index in [4.69, 9.17) is 23.2 Å². The van der Waals surface area contributed by atoms with Gasteiger partial charge in [-0.15, -0.1) is 0 Å². The van der Waals surface area contributed by atoms with Gasteiger partial charge in [-0.05, 0) is 29.8 Å². The van der Waals surface area contributed by atoms with Crippen molar-refractivity contribution < 1.29 is 0 Å². The minimum atomic E-state index is 0.362. The van der Waals surface area contributed by atoms with Gasteiger partial charge < -0.3 is 5.32 Å². The molecule has 1 radical (unpaired) electrons. The molecule has 0 spiro atoms. The summed E-state index contributed by atoms with van der Waals surface area (Å²) >= 11 is 11.5. The van der Waals surface area contributed by atoms with Crippen LogP contribution in [0.15, 0.2) is 36.4 Å². The summed E-state index contributed by atoms with van der Waals surface area (Å²) in [5.41, 5.74) is 1.13. The Bertz CT molecular complexity index is 469. The first-order valence-electron chi connectivity index (χ1n) is 4.76. The molecule has 0 bridgehead atoms. The lowest BCUT2D eigenvalue weighted by molar-refractivity contribution is 1.11. The highest BCUT2D eigenvalue weighted by Crippen LogP contribution is 2.12. The molecule has 1 aromatic carbocycles. The number of hydrogen-bond acceptors (Lipinski definition) is 2. The van der Waals surface area contributed by atoms with Gasteiger partial charge in [0.25, 0.3) is 0 Å². The fourth-order valence-electron chi connectivity index (χ4n) is 1.26. The number of hydrogen-bond donors (Lipinski definition) is 1. The first-order chi connectivity index (χ1) is 7.74. The standard InChI is InChI=1S/C12H9Cl2N2/c13-10-6-4-9(5-7-10)8-15-12-3-1-2-11(14)16-12/h1,3-7H,8H2,(H,15,16).